The lowest BCUT2D eigenvalue weighted by molar-refractivity contribution is -0.133. The minimum atomic E-state index is -0.519. The number of carbonyl (C=O) groups excluding carboxylic acids is 2. The Morgan fingerprint density at radius 3 is 2.58 bits per heavy atom. The summed E-state index contributed by atoms with van der Waals surface area (Å²) in [7, 11) is 0. The highest BCUT2D eigenvalue weighted by Crippen LogP contribution is 2.39. The van der Waals surface area contributed by atoms with Crippen molar-refractivity contribution in [3.63, 3.8) is 0 Å². The Balaban J connectivity index is 1.57. The van der Waals surface area contributed by atoms with Crippen LogP contribution < -0.4 is 5.32 Å². The van der Waals surface area contributed by atoms with Gasteiger partial charge < -0.3 is 10.2 Å². The Bertz CT molecular complexity index is 1030. The maximum absolute atomic E-state index is 13.2. The smallest absolute Gasteiger partial charge is 0.255 e. The minimum Gasteiger partial charge on any atom is -0.356 e. The number of hydrogen-bond acceptors (Lipinski definition) is 4. The lowest BCUT2D eigenvalue weighted by Crippen LogP contribution is -2.51. The predicted molar refractivity (Wildman–Crippen MR) is 124 cm³/mol. The minimum absolute atomic E-state index is 0.0171. The summed E-state index contributed by atoms with van der Waals surface area (Å²) >= 11 is 1.71. The van der Waals surface area contributed by atoms with Gasteiger partial charge in [0.2, 0.25) is 5.91 Å². The van der Waals surface area contributed by atoms with Crippen LogP contribution >= 0.6 is 11.3 Å². The predicted octanol–water partition coefficient (Wildman–Crippen LogP) is 4.41. The van der Waals surface area contributed by atoms with Gasteiger partial charge in [-0.2, -0.15) is 0 Å². The number of aromatic nitrogens is 1. The van der Waals surface area contributed by atoms with E-state index in [4.69, 9.17) is 0 Å². The van der Waals surface area contributed by atoms with Gasteiger partial charge in [-0.25, -0.2) is 0 Å². The fraction of sp³-hybridized carbons (Fsp3) is 0.320. The van der Waals surface area contributed by atoms with Crippen LogP contribution in [0.5, 0.6) is 0 Å². The molecule has 0 unspecified atom stereocenters. The fourth-order valence-corrected chi connectivity index (χ4v) is 5.14. The van der Waals surface area contributed by atoms with Gasteiger partial charge in [-0.3, -0.25) is 14.6 Å². The van der Waals surface area contributed by atoms with Crippen molar-refractivity contribution in [2.45, 2.75) is 26.2 Å². The molecule has 1 aliphatic rings. The highest BCUT2D eigenvalue weighted by Gasteiger charge is 2.42. The Morgan fingerprint density at radius 1 is 1.10 bits per heavy atom. The summed E-state index contributed by atoms with van der Waals surface area (Å²) in [5, 5.41) is 5.13. The summed E-state index contributed by atoms with van der Waals surface area (Å²) in [6, 6.07) is 16.1. The molecule has 1 N–H and O–H groups in total. The van der Waals surface area contributed by atoms with Gasteiger partial charge >= 0.3 is 0 Å². The Hall–Kier alpha value is -2.99. The third-order valence-electron chi connectivity index (χ3n) is 6.07. The molecule has 0 saturated carbocycles. The Kier molecular flexibility index (Phi) is 6.47. The quantitative estimate of drug-likeness (QED) is 0.626. The molecule has 4 rings (SSSR count). The van der Waals surface area contributed by atoms with Crippen LogP contribution in [0.4, 0.5) is 0 Å². The largest absolute Gasteiger partial charge is 0.356 e. The van der Waals surface area contributed by atoms with Crippen molar-refractivity contribution in [2.75, 3.05) is 19.6 Å². The van der Waals surface area contributed by atoms with Gasteiger partial charge in [-0.05, 0) is 60.9 Å². The number of nitrogens with one attached hydrogen (secondary N) is 1. The van der Waals surface area contributed by atoms with Crippen LogP contribution in [0.3, 0.4) is 0 Å². The summed E-state index contributed by atoms with van der Waals surface area (Å²) in [6.45, 7) is 3.68. The van der Waals surface area contributed by atoms with Gasteiger partial charge in [-0.15, -0.1) is 11.3 Å². The van der Waals surface area contributed by atoms with Crippen LogP contribution in [-0.4, -0.2) is 41.3 Å². The topological polar surface area (TPSA) is 62.3 Å². The normalized spacial score (nSPS) is 15.5. The zero-order valence-corrected chi connectivity index (χ0v) is 18.5. The van der Waals surface area contributed by atoms with Gasteiger partial charge in [0.25, 0.3) is 5.91 Å². The van der Waals surface area contributed by atoms with E-state index in [-0.39, 0.29) is 11.8 Å². The number of carbonyl (C=O) groups is 2. The van der Waals surface area contributed by atoms with Crippen molar-refractivity contribution >= 4 is 23.2 Å². The van der Waals surface area contributed by atoms with Gasteiger partial charge in [0.05, 0.1) is 11.0 Å². The van der Waals surface area contributed by atoms with Crippen molar-refractivity contribution < 1.29 is 9.59 Å². The standard InChI is InChI=1S/C25H27N3O2S/c1-2-27-24(30)25(17-19-7-3-4-9-21(19)22-10-6-16-31-22)11-14-28(15-12-25)23(29)20-8-5-13-26-18-20/h3-10,13,16,18H,2,11-12,14-15,17H2,1H3,(H,27,30). The van der Waals surface area contributed by atoms with E-state index < -0.39 is 5.41 Å². The Morgan fingerprint density at radius 2 is 1.90 bits per heavy atom. The third-order valence-corrected chi connectivity index (χ3v) is 6.97. The van der Waals surface area contributed by atoms with E-state index in [0.717, 1.165) is 0 Å². The first-order chi connectivity index (χ1) is 15.1. The van der Waals surface area contributed by atoms with Crippen LogP contribution in [0.2, 0.25) is 0 Å². The number of likely N-dealkylation sites (tertiary alicyclic amines) is 1. The van der Waals surface area contributed by atoms with Crippen LogP contribution in [-0.2, 0) is 11.2 Å². The number of hydrogen-bond donors (Lipinski definition) is 1. The highest BCUT2D eigenvalue weighted by molar-refractivity contribution is 7.13. The molecule has 0 bridgehead atoms. The molecule has 1 fully saturated rings. The van der Waals surface area contributed by atoms with Gasteiger partial charge in [0.1, 0.15) is 0 Å². The zero-order valence-electron chi connectivity index (χ0n) is 17.7. The number of piperidine rings is 1. The first-order valence-corrected chi connectivity index (χ1v) is 11.6. The van der Waals surface area contributed by atoms with Crippen molar-refractivity contribution in [2.24, 2.45) is 5.41 Å². The van der Waals surface area contributed by atoms with E-state index >= 15 is 0 Å². The van der Waals surface area contributed by atoms with E-state index in [1.807, 2.05) is 24.0 Å². The Labute approximate surface area is 187 Å². The van der Waals surface area contributed by atoms with Gasteiger partial charge in [0, 0.05) is 36.9 Å². The molecule has 2 aromatic heterocycles. The molecule has 1 aliphatic heterocycles. The second-order valence-electron chi connectivity index (χ2n) is 7.98. The molecule has 0 radical (unpaired) electrons. The van der Waals surface area contributed by atoms with Crippen LogP contribution in [0.15, 0.2) is 66.3 Å². The number of thiophene rings is 1. The lowest BCUT2D eigenvalue weighted by atomic mass is 9.72. The number of benzene rings is 1. The highest BCUT2D eigenvalue weighted by atomic mass is 32.1. The van der Waals surface area contributed by atoms with E-state index in [0.29, 0.717) is 44.5 Å². The van der Waals surface area contributed by atoms with Gasteiger partial charge in [-0.1, -0.05) is 30.3 Å². The van der Waals surface area contributed by atoms with Crippen LogP contribution in [0.1, 0.15) is 35.7 Å². The van der Waals surface area contributed by atoms with Crippen molar-refractivity contribution in [3.8, 4) is 10.4 Å². The first-order valence-electron chi connectivity index (χ1n) is 10.7. The maximum Gasteiger partial charge on any atom is 0.255 e. The van der Waals surface area contributed by atoms with Crippen LogP contribution in [0, 0.1) is 5.41 Å². The van der Waals surface area contributed by atoms with Crippen molar-refractivity contribution in [1.82, 2.24) is 15.2 Å². The molecule has 6 heteroatoms. The summed E-state index contributed by atoms with van der Waals surface area (Å²) in [6.07, 6.45) is 5.22. The molecule has 1 aromatic carbocycles. The average molecular weight is 434 g/mol. The van der Waals surface area contributed by atoms with Crippen LogP contribution in [0.25, 0.3) is 10.4 Å². The third kappa shape index (κ3) is 4.54. The van der Waals surface area contributed by atoms with E-state index in [9.17, 15) is 9.59 Å². The molecular formula is C25H27N3O2S. The number of rotatable bonds is 6. The fourth-order valence-electron chi connectivity index (χ4n) is 4.35. The molecule has 160 valence electrons. The van der Waals surface area contributed by atoms with E-state index in [1.54, 1.807) is 35.9 Å². The molecule has 1 saturated heterocycles. The molecule has 31 heavy (non-hydrogen) atoms. The summed E-state index contributed by atoms with van der Waals surface area (Å²) < 4.78 is 0. The molecular weight excluding hydrogens is 406 g/mol. The monoisotopic (exact) mass is 433 g/mol. The first kappa shape index (κ1) is 21.2. The number of pyridine rings is 1. The molecule has 2 amide bonds. The number of nitrogens with zero attached hydrogens (tertiary/aromatic N) is 2. The zero-order chi connectivity index (χ0) is 21.7. The van der Waals surface area contributed by atoms with Crippen molar-refractivity contribution in [1.29, 1.82) is 0 Å². The molecule has 3 heterocycles. The number of amides is 2. The van der Waals surface area contributed by atoms with E-state index in [1.165, 1.54) is 16.0 Å². The second kappa shape index (κ2) is 9.43. The van der Waals surface area contributed by atoms with Gasteiger partial charge in [0.15, 0.2) is 0 Å². The maximum atomic E-state index is 13.2. The molecule has 0 spiro atoms. The molecule has 0 aliphatic carbocycles. The molecule has 0 atom stereocenters. The SMILES string of the molecule is CCNC(=O)C1(Cc2ccccc2-c2cccs2)CCN(C(=O)c2cccnc2)CC1. The molecule has 3 aromatic rings. The van der Waals surface area contributed by atoms with E-state index in [2.05, 4.69) is 39.9 Å². The average Bonchev–Trinajstić information content (AvgIpc) is 3.35. The molecule has 5 nitrogen and oxygen atoms in total. The second-order valence-corrected chi connectivity index (χ2v) is 8.93. The van der Waals surface area contributed by atoms with Crippen molar-refractivity contribution in [3.05, 3.63) is 77.4 Å². The summed E-state index contributed by atoms with van der Waals surface area (Å²) in [4.78, 5) is 33.2. The lowest BCUT2D eigenvalue weighted by Gasteiger charge is -2.41. The summed E-state index contributed by atoms with van der Waals surface area (Å²) in [5.41, 5.74) is 2.45. The summed E-state index contributed by atoms with van der Waals surface area (Å²) in [5.74, 6) is 0.0704.